The van der Waals surface area contributed by atoms with Gasteiger partial charge in [-0.2, -0.15) is 5.10 Å². The molecule has 1 amide bonds. The van der Waals surface area contributed by atoms with Gasteiger partial charge in [-0.15, -0.1) is 0 Å². The van der Waals surface area contributed by atoms with Gasteiger partial charge in [-0.3, -0.25) is 9.89 Å². The number of amides is 1. The first kappa shape index (κ1) is 21.1. The van der Waals surface area contributed by atoms with E-state index in [9.17, 15) is 19.1 Å². The van der Waals surface area contributed by atoms with Crippen LogP contribution in [-0.2, 0) is 0 Å². The Kier molecular flexibility index (Phi) is 5.32. The van der Waals surface area contributed by atoms with Gasteiger partial charge in [-0.1, -0.05) is 18.2 Å². The van der Waals surface area contributed by atoms with Gasteiger partial charge in [0.2, 0.25) is 5.88 Å². The number of carbonyl (C=O) groups excluding carboxylic acids is 1. The van der Waals surface area contributed by atoms with Crippen LogP contribution in [-0.4, -0.2) is 56.3 Å². The number of nitrogens with one attached hydrogen (secondary N) is 1. The summed E-state index contributed by atoms with van der Waals surface area (Å²) in [7, 11) is 1.44. The number of carboxylic acids is 1. The number of carboxylic acid groups (broad SMARTS) is 1. The summed E-state index contributed by atoms with van der Waals surface area (Å²) in [5.74, 6) is -1.31. The molecule has 2 aliphatic rings. The second kappa shape index (κ2) is 8.31. The maximum absolute atomic E-state index is 14.3. The highest BCUT2D eigenvalue weighted by Crippen LogP contribution is 2.44. The first-order chi connectivity index (χ1) is 16.0. The first-order valence-electron chi connectivity index (χ1n) is 10.9. The highest BCUT2D eigenvalue weighted by atomic mass is 19.1. The van der Waals surface area contributed by atoms with Gasteiger partial charge in [0.05, 0.1) is 24.6 Å². The lowest BCUT2D eigenvalue weighted by Crippen LogP contribution is -2.46. The monoisotopic (exact) mass is 450 g/mol. The molecule has 2 saturated heterocycles. The van der Waals surface area contributed by atoms with Crippen molar-refractivity contribution in [1.29, 1.82) is 0 Å². The number of piperidine rings is 1. The minimum Gasteiger partial charge on any atom is -0.481 e. The number of aromatic nitrogens is 3. The number of benzene rings is 1. The Bertz CT molecular complexity index is 1210. The van der Waals surface area contributed by atoms with E-state index in [-0.39, 0.29) is 35.4 Å². The summed E-state index contributed by atoms with van der Waals surface area (Å²) in [6.07, 6.45) is 4.23. The van der Waals surface area contributed by atoms with E-state index in [2.05, 4.69) is 15.2 Å². The van der Waals surface area contributed by atoms with Crippen LogP contribution in [0.15, 0.2) is 42.6 Å². The van der Waals surface area contributed by atoms with Crippen LogP contribution in [0, 0.1) is 5.82 Å². The Morgan fingerprint density at radius 3 is 2.61 bits per heavy atom. The van der Waals surface area contributed by atoms with Crippen molar-refractivity contribution in [1.82, 2.24) is 20.1 Å². The number of aromatic amines is 1. The molecule has 2 N–H and O–H groups in total. The number of carbonyl (C=O) groups is 2. The van der Waals surface area contributed by atoms with Crippen molar-refractivity contribution in [2.45, 2.75) is 43.7 Å². The Labute approximate surface area is 189 Å². The van der Waals surface area contributed by atoms with Crippen molar-refractivity contribution < 1.29 is 23.8 Å². The molecule has 0 aliphatic carbocycles. The van der Waals surface area contributed by atoms with Crippen LogP contribution < -0.4 is 4.74 Å². The summed E-state index contributed by atoms with van der Waals surface area (Å²) in [5, 5.41) is 16.5. The number of methoxy groups -OCH3 is 1. The van der Waals surface area contributed by atoms with Crippen LogP contribution in [0.2, 0.25) is 0 Å². The minimum atomic E-state index is -0.929. The molecule has 2 bridgehead atoms. The third-order valence-corrected chi connectivity index (χ3v) is 6.72. The van der Waals surface area contributed by atoms with E-state index in [1.54, 1.807) is 18.2 Å². The van der Waals surface area contributed by atoms with Gasteiger partial charge in [0.25, 0.3) is 5.91 Å². The van der Waals surface area contributed by atoms with E-state index in [1.165, 1.54) is 13.2 Å². The summed E-state index contributed by atoms with van der Waals surface area (Å²) in [4.78, 5) is 30.7. The number of pyridine rings is 1. The Hall–Kier alpha value is -3.75. The van der Waals surface area contributed by atoms with E-state index in [0.717, 1.165) is 24.6 Å². The van der Waals surface area contributed by atoms with Crippen molar-refractivity contribution in [2.75, 3.05) is 7.11 Å². The normalized spacial score (nSPS) is 21.8. The zero-order valence-corrected chi connectivity index (χ0v) is 18.0. The van der Waals surface area contributed by atoms with Crippen molar-refractivity contribution in [3.8, 4) is 17.1 Å². The van der Waals surface area contributed by atoms with Crippen LogP contribution in [0.1, 0.15) is 58.0 Å². The molecule has 2 aromatic heterocycles. The van der Waals surface area contributed by atoms with E-state index in [0.29, 0.717) is 29.8 Å². The van der Waals surface area contributed by atoms with Gasteiger partial charge in [-0.05, 0) is 49.3 Å². The molecule has 8 nitrogen and oxygen atoms in total. The fourth-order valence-electron chi connectivity index (χ4n) is 5.25. The van der Waals surface area contributed by atoms with Gasteiger partial charge in [0, 0.05) is 23.7 Å². The summed E-state index contributed by atoms with van der Waals surface area (Å²) in [6.45, 7) is 0. The molecule has 3 atom stereocenters. The SMILES string of the molecule is COc1cc(-c2cc(C(=O)N3[C@@H]4CC[C@H]3CC(c3ccccc3C(=O)O)C4)[nH]n2)c(F)cn1. The molecule has 170 valence electrons. The van der Waals surface area contributed by atoms with E-state index >= 15 is 0 Å². The van der Waals surface area contributed by atoms with Crippen molar-refractivity contribution in [3.05, 3.63) is 65.2 Å². The molecule has 5 rings (SSSR count). The number of aromatic carboxylic acids is 1. The number of hydrogen-bond acceptors (Lipinski definition) is 5. The highest BCUT2D eigenvalue weighted by molar-refractivity contribution is 5.94. The fourth-order valence-corrected chi connectivity index (χ4v) is 5.25. The minimum absolute atomic E-state index is 0.0209. The summed E-state index contributed by atoms with van der Waals surface area (Å²) in [5.41, 5.74) is 1.95. The van der Waals surface area contributed by atoms with Crippen molar-refractivity contribution in [2.24, 2.45) is 0 Å². The van der Waals surface area contributed by atoms with Gasteiger partial charge in [-0.25, -0.2) is 14.2 Å². The van der Waals surface area contributed by atoms with Crippen LogP contribution >= 0.6 is 0 Å². The van der Waals surface area contributed by atoms with Crippen LogP contribution in [0.5, 0.6) is 5.88 Å². The largest absolute Gasteiger partial charge is 0.481 e. The molecule has 33 heavy (non-hydrogen) atoms. The first-order valence-corrected chi connectivity index (χ1v) is 10.9. The molecular weight excluding hydrogens is 427 g/mol. The molecule has 0 saturated carbocycles. The third kappa shape index (κ3) is 3.73. The zero-order valence-electron chi connectivity index (χ0n) is 18.0. The number of ether oxygens (including phenoxy) is 1. The van der Waals surface area contributed by atoms with Crippen LogP contribution in [0.3, 0.4) is 0 Å². The lowest BCUT2D eigenvalue weighted by atomic mass is 9.82. The molecule has 1 aromatic carbocycles. The van der Waals surface area contributed by atoms with Gasteiger partial charge in [0.15, 0.2) is 5.82 Å². The van der Waals surface area contributed by atoms with Gasteiger partial charge >= 0.3 is 5.97 Å². The number of hydrogen-bond donors (Lipinski definition) is 2. The third-order valence-electron chi connectivity index (χ3n) is 6.72. The molecule has 1 unspecified atom stereocenters. The molecule has 3 aromatic rings. The number of nitrogens with zero attached hydrogens (tertiary/aromatic N) is 3. The molecule has 2 aliphatic heterocycles. The molecular formula is C24H23FN4O4. The second-order valence-corrected chi connectivity index (χ2v) is 8.53. The number of rotatable bonds is 5. The molecule has 0 radical (unpaired) electrons. The summed E-state index contributed by atoms with van der Waals surface area (Å²) < 4.78 is 19.3. The number of halogens is 1. The summed E-state index contributed by atoms with van der Waals surface area (Å²) in [6, 6.07) is 10.1. The topological polar surface area (TPSA) is 108 Å². The smallest absolute Gasteiger partial charge is 0.335 e. The average molecular weight is 450 g/mol. The van der Waals surface area contributed by atoms with Crippen LogP contribution in [0.25, 0.3) is 11.3 Å². The van der Waals surface area contributed by atoms with E-state index < -0.39 is 11.8 Å². The Balaban J connectivity index is 1.37. The van der Waals surface area contributed by atoms with Crippen molar-refractivity contribution in [3.63, 3.8) is 0 Å². The molecule has 2 fully saturated rings. The average Bonchev–Trinajstić information content (AvgIpc) is 3.41. The van der Waals surface area contributed by atoms with Crippen molar-refractivity contribution >= 4 is 11.9 Å². The fraction of sp³-hybridized carbons (Fsp3) is 0.333. The van der Waals surface area contributed by atoms with E-state index in [4.69, 9.17) is 4.74 Å². The van der Waals surface area contributed by atoms with E-state index in [1.807, 2.05) is 17.0 Å². The molecule has 9 heteroatoms. The standard InChI is InChI=1S/C24H23FN4O4/c1-33-22-10-18(19(25)12-26-22)20-11-21(28-27-20)23(30)29-14-6-7-15(29)9-13(8-14)16-4-2-3-5-17(16)24(31)32/h2-5,10-15H,6-9H2,1H3,(H,27,28)(H,31,32)/t13?,14-,15+. The summed E-state index contributed by atoms with van der Waals surface area (Å²) >= 11 is 0. The molecule has 4 heterocycles. The quantitative estimate of drug-likeness (QED) is 0.611. The Morgan fingerprint density at radius 1 is 1.18 bits per heavy atom. The van der Waals surface area contributed by atoms with Crippen LogP contribution in [0.4, 0.5) is 4.39 Å². The van der Waals surface area contributed by atoms with Gasteiger partial charge in [0.1, 0.15) is 5.69 Å². The number of H-pyrrole nitrogens is 1. The molecule has 0 spiro atoms. The second-order valence-electron chi connectivity index (χ2n) is 8.53. The highest BCUT2D eigenvalue weighted by Gasteiger charge is 2.44. The lowest BCUT2D eigenvalue weighted by molar-refractivity contribution is 0.0559. The lowest BCUT2D eigenvalue weighted by Gasteiger charge is -2.39. The maximum Gasteiger partial charge on any atom is 0.335 e. The number of fused-ring (bicyclic) bond motifs is 2. The predicted octanol–water partition coefficient (Wildman–Crippen LogP) is 3.87. The zero-order chi connectivity index (χ0) is 23.1. The Morgan fingerprint density at radius 2 is 1.91 bits per heavy atom. The predicted molar refractivity (Wildman–Crippen MR) is 117 cm³/mol. The van der Waals surface area contributed by atoms with Gasteiger partial charge < -0.3 is 14.7 Å². The maximum atomic E-state index is 14.3.